The predicted octanol–water partition coefficient (Wildman–Crippen LogP) is 0.883. The van der Waals surface area contributed by atoms with Gasteiger partial charge in [-0.1, -0.05) is 0 Å². The molecule has 1 unspecified atom stereocenters. The number of carbonyl (C=O) groups is 2. The van der Waals surface area contributed by atoms with Crippen LogP contribution >= 0.6 is 0 Å². The Morgan fingerprint density at radius 3 is 3.05 bits per heavy atom. The van der Waals surface area contributed by atoms with E-state index in [0.29, 0.717) is 12.2 Å². The van der Waals surface area contributed by atoms with Gasteiger partial charge in [0, 0.05) is 19.2 Å². The van der Waals surface area contributed by atoms with Crippen molar-refractivity contribution in [3.8, 4) is 0 Å². The van der Waals surface area contributed by atoms with Crippen molar-refractivity contribution in [2.45, 2.75) is 32.5 Å². The summed E-state index contributed by atoms with van der Waals surface area (Å²) < 4.78 is 1.81. The molecule has 0 aliphatic carbocycles. The van der Waals surface area contributed by atoms with Crippen LogP contribution in [0, 0.1) is 0 Å². The van der Waals surface area contributed by atoms with E-state index in [1.165, 1.54) is 11.2 Å². The number of amides is 1. The van der Waals surface area contributed by atoms with Crippen molar-refractivity contribution >= 4 is 11.9 Å². The molecule has 1 aliphatic rings. The summed E-state index contributed by atoms with van der Waals surface area (Å²) in [4.78, 5) is 32.7. The fourth-order valence-electron chi connectivity index (χ4n) is 2.70. The number of fused-ring (bicyclic) bond motifs is 1. The summed E-state index contributed by atoms with van der Waals surface area (Å²) >= 11 is 0. The monoisotopic (exact) mass is 288 g/mol. The number of aromatic nitrogens is 3. The number of aliphatic carboxylic acids is 1. The van der Waals surface area contributed by atoms with Gasteiger partial charge in [-0.3, -0.25) is 4.79 Å². The summed E-state index contributed by atoms with van der Waals surface area (Å²) in [5.41, 5.74) is 2.03. The molecule has 2 aromatic rings. The Morgan fingerprint density at radius 1 is 1.52 bits per heavy atom. The third-order valence-electron chi connectivity index (χ3n) is 3.83. The molecule has 1 amide bonds. The molecule has 0 saturated heterocycles. The molecule has 0 spiro atoms. The maximum Gasteiger partial charge on any atom is 0.326 e. The Kier molecular flexibility index (Phi) is 3.25. The number of nitrogens with one attached hydrogen (secondary N) is 1. The number of rotatable bonds is 3. The fraction of sp³-hybridized carbons (Fsp3) is 0.357. The van der Waals surface area contributed by atoms with Crippen molar-refractivity contribution < 1.29 is 14.7 Å². The molecule has 0 aromatic carbocycles. The van der Waals surface area contributed by atoms with Gasteiger partial charge in [0.25, 0.3) is 5.91 Å². The molecule has 21 heavy (non-hydrogen) atoms. The molecule has 1 aliphatic heterocycles. The summed E-state index contributed by atoms with van der Waals surface area (Å²) in [6.45, 7) is 2.84. The zero-order valence-electron chi connectivity index (χ0n) is 11.6. The van der Waals surface area contributed by atoms with Gasteiger partial charge in [-0.05, 0) is 19.1 Å². The molecule has 7 heteroatoms. The Morgan fingerprint density at radius 2 is 2.33 bits per heavy atom. The zero-order chi connectivity index (χ0) is 15.0. The molecule has 7 nitrogen and oxygen atoms in total. The molecule has 2 N–H and O–H groups in total. The third kappa shape index (κ3) is 2.20. The topological polar surface area (TPSA) is 91.2 Å². The van der Waals surface area contributed by atoms with E-state index in [0.717, 1.165) is 11.4 Å². The highest BCUT2D eigenvalue weighted by atomic mass is 16.4. The first kappa shape index (κ1) is 13.4. The number of aromatic amines is 1. The van der Waals surface area contributed by atoms with E-state index in [1.54, 1.807) is 12.1 Å². The van der Waals surface area contributed by atoms with Gasteiger partial charge < -0.3 is 19.6 Å². The highest BCUT2D eigenvalue weighted by Gasteiger charge is 2.36. The minimum Gasteiger partial charge on any atom is -0.480 e. The molecule has 3 rings (SSSR count). The molecular weight excluding hydrogens is 272 g/mol. The van der Waals surface area contributed by atoms with Crippen LogP contribution in [-0.4, -0.2) is 42.5 Å². The number of H-pyrrole nitrogens is 1. The first-order chi connectivity index (χ1) is 10.1. The normalized spacial score (nSPS) is 17.6. The Bertz CT molecular complexity index is 688. The van der Waals surface area contributed by atoms with Crippen LogP contribution in [0.25, 0.3) is 0 Å². The van der Waals surface area contributed by atoms with Crippen LogP contribution < -0.4 is 0 Å². The van der Waals surface area contributed by atoms with Crippen molar-refractivity contribution in [1.82, 2.24) is 19.4 Å². The Hall–Kier alpha value is -2.57. The average molecular weight is 288 g/mol. The van der Waals surface area contributed by atoms with Crippen LogP contribution in [0.5, 0.6) is 0 Å². The molecule has 0 fully saturated rings. The Labute approximate surface area is 121 Å². The van der Waals surface area contributed by atoms with Crippen molar-refractivity contribution in [2.24, 2.45) is 0 Å². The van der Waals surface area contributed by atoms with Crippen molar-refractivity contribution in [1.29, 1.82) is 0 Å². The standard InChI is InChI=1S/C14H16N4O3/c1-2-17-5-3-4-11(17)13(19)18-7-10-9(15-8-16-10)6-12(18)14(20)21/h3-5,8,12H,2,6-7H2,1H3,(H,15,16)(H,20,21). The molecule has 2 aromatic heterocycles. The molecule has 110 valence electrons. The summed E-state index contributed by atoms with van der Waals surface area (Å²) in [7, 11) is 0. The lowest BCUT2D eigenvalue weighted by Crippen LogP contribution is -2.49. The van der Waals surface area contributed by atoms with Gasteiger partial charge in [0.1, 0.15) is 11.7 Å². The number of carbonyl (C=O) groups excluding carboxylic acids is 1. The second kappa shape index (κ2) is 5.08. The van der Waals surface area contributed by atoms with E-state index in [9.17, 15) is 14.7 Å². The minimum absolute atomic E-state index is 0.229. The van der Waals surface area contributed by atoms with Crippen LogP contribution in [0.4, 0.5) is 0 Å². The van der Waals surface area contributed by atoms with E-state index >= 15 is 0 Å². The lowest BCUT2D eigenvalue weighted by molar-refractivity contribution is -0.142. The van der Waals surface area contributed by atoms with Crippen LogP contribution in [0.1, 0.15) is 28.8 Å². The number of aryl methyl sites for hydroxylation is 1. The quantitative estimate of drug-likeness (QED) is 0.877. The molecule has 0 radical (unpaired) electrons. The largest absolute Gasteiger partial charge is 0.480 e. The van der Waals surface area contributed by atoms with E-state index in [-0.39, 0.29) is 18.9 Å². The number of imidazole rings is 1. The lowest BCUT2D eigenvalue weighted by Gasteiger charge is -2.32. The van der Waals surface area contributed by atoms with Gasteiger partial charge in [-0.2, -0.15) is 0 Å². The summed E-state index contributed by atoms with van der Waals surface area (Å²) in [6.07, 6.45) is 3.58. The van der Waals surface area contributed by atoms with Gasteiger partial charge in [0.15, 0.2) is 0 Å². The molecule has 0 saturated carbocycles. The van der Waals surface area contributed by atoms with Gasteiger partial charge in [-0.15, -0.1) is 0 Å². The van der Waals surface area contributed by atoms with Crippen molar-refractivity contribution in [3.05, 3.63) is 41.7 Å². The zero-order valence-corrected chi connectivity index (χ0v) is 11.6. The van der Waals surface area contributed by atoms with E-state index in [2.05, 4.69) is 9.97 Å². The first-order valence-corrected chi connectivity index (χ1v) is 6.81. The summed E-state index contributed by atoms with van der Waals surface area (Å²) in [5.74, 6) is -1.28. The van der Waals surface area contributed by atoms with E-state index in [4.69, 9.17) is 0 Å². The smallest absolute Gasteiger partial charge is 0.326 e. The number of nitrogens with zero attached hydrogens (tertiary/aromatic N) is 3. The Balaban J connectivity index is 1.96. The minimum atomic E-state index is -1.01. The van der Waals surface area contributed by atoms with Crippen LogP contribution in [0.15, 0.2) is 24.7 Å². The highest BCUT2D eigenvalue weighted by Crippen LogP contribution is 2.23. The molecule has 0 bridgehead atoms. The first-order valence-electron chi connectivity index (χ1n) is 6.81. The van der Waals surface area contributed by atoms with Gasteiger partial charge >= 0.3 is 5.97 Å². The fourth-order valence-corrected chi connectivity index (χ4v) is 2.70. The summed E-state index contributed by atoms with van der Waals surface area (Å²) in [6, 6.07) is 2.62. The number of hydrogen-bond donors (Lipinski definition) is 2. The van der Waals surface area contributed by atoms with Gasteiger partial charge in [0.2, 0.25) is 0 Å². The van der Waals surface area contributed by atoms with E-state index in [1.807, 2.05) is 17.7 Å². The maximum absolute atomic E-state index is 12.7. The number of carboxylic acid groups (broad SMARTS) is 1. The average Bonchev–Trinajstić information content (AvgIpc) is 3.12. The second-order valence-corrected chi connectivity index (χ2v) is 5.00. The van der Waals surface area contributed by atoms with Gasteiger partial charge in [-0.25, -0.2) is 9.78 Å². The number of carboxylic acids is 1. The second-order valence-electron chi connectivity index (χ2n) is 5.00. The lowest BCUT2D eigenvalue weighted by atomic mass is 10.0. The van der Waals surface area contributed by atoms with Crippen LogP contribution in [-0.2, 0) is 24.3 Å². The molecular formula is C14H16N4O3. The molecule has 1 atom stereocenters. The van der Waals surface area contributed by atoms with Crippen LogP contribution in [0.2, 0.25) is 0 Å². The van der Waals surface area contributed by atoms with Crippen molar-refractivity contribution in [2.75, 3.05) is 0 Å². The van der Waals surface area contributed by atoms with E-state index < -0.39 is 12.0 Å². The van der Waals surface area contributed by atoms with Crippen LogP contribution in [0.3, 0.4) is 0 Å². The maximum atomic E-state index is 12.7. The highest BCUT2D eigenvalue weighted by molar-refractivity contribution is 5.95. The summed E-state index contributed by atoms with van der Waals surface area (Å²) in [5, 5.41) is 9.41. The predicted molar refractivity (Wildman–Crippen MR) is 73.7 cm³/mol. The molecule has 3 heterocycles. The SMILES string of the molecule is CCn1cccc1C(=O)N1Cc2[nH]cnc2CC1C(=O)O. The van der Waals surface area contributed by atoms with Gasteiger partial charge in [0.05, 0.1) is 24.3 Å². The third-order valence-corrected chi connectivity index (χ3v) is 3.83. The van der Waals surface area contributed by atoms with Crippen molar-refractivity contribution in [3.63, 3.8) is 0 Å². The number of hydrogen-bond acceptors (Lipinski definition) is 3.